The lowest BCUT2D eigenvalue weighted by atomic mass is 9.97. The number of hydrogen-bond acceptors (Lipinski definition) is 5. The number of halogens is 1. The molecule has 7 nitrogen and oxygen atoms in total. The van der Waals surface area contributed by atoms with Gasteiger partial charge in [0.2, 0.25) is 0 Å². The Bertz CT molecular complexity index is 501. The molecule has 0 bridgehead atoms. The summed E-state index contributed by atoms with van der Waals surface area (Å²) in [6, 6.07) is 2.63. The molecule has 0 aliphatic heterocycles. The molecular formula is C12H16FN5O2. The van der Waals surface area contributed by atoms with Gasteiger partial charge < -0.3 is 4.74 Å². The summed E-state index contributed by atoms with van der Waals surface area (Å²) in [7, 11) is 0. The first-order valence-corrected chi connectivity index (χ1v) is 6.09. The Labute approximate surface area is 115 Å². The summed E-state index contributed by atoms with van der Waals surface area (Å²) in [5, 5.41) is 6.30. The maximum atomic E-state index is 12.9. The number of hydrogen-bond donors (Lipinski definition) is 1. The fraction of sp³-hybridized carbons (Fsp3) is 0.500. The molecule has 0 aliphatic carbocycles. The van der Waals surface area contributed by atoms with Gasteiger partial charge in [0.05, 0.1) is 18.5 Å². The van der Waals surface area contributed by atoms with Gasteiger partial charge in [-0.2, -0.15) is 0 Å². The number of carbonyl (C=O) groups excluding carboxylic acids is 1. The third-order valence-corrected chi connectivity index (χ3v) is 2.68. The Balaban J connectivity index is 2.96. The van der Waals surface area contributed by atoms with E-state index >= 15 is 0 Å². The highest BCUT2D eigenvalue weighted by Gasteiger charge is 2.37. The SMILES string of the molecule is CCOC(=O)C(C)(NCCN=[N+]=[N-])c1ccc(F)cn1. The summed E-state index contributed by atoms with van der Waals surface area (Å²) in [5.41, 5.74) is 7.33. The number of azide groups is 1. The fourth-order valence-electron chi connectivity index (χ4n) is 1.61. The number of carbonyl (C=O) groups is 1. The van der Waals surface area contributed by atoms with E-state index < -0.39 is 17.3 Å². The summed E-state index contributed by atoms with van der Waals surface area (Å²) >= 11 is 0. The van der Waals surface area contributed by atoms with Gasteiger partial charge in [0.25, 0.3) is 0 Å². The highest BCUT2D eigenvalue weighted by molar-refractivity contribution is 5.81. The lowest BCUT2D eigenvalue weighted by Crippen LogP contribution is -2.49. The zero-order valence-corrected chi connectivity index (χ0v) is 11.3. The van der Waals surface area contributed by atoms with Gasteiger partial charge in [0.15, 0.2) is 5.54 Å². The molecule has 1 rings (SSSR count). The van der Waals surface area contributed by atoms with E-state index in [1.54, 1.807) is 13.8 Å². The lowest BCUT2D eigenvalue weighted by molar-refractivity contribution is -0.151. The summed E-state index contributed by atoms with van der Waals surface area (Å²) in [4.78, 5) is 18.6. The molecule has 8 heteroatoms. The first-order valence-electron chi connectivity index (χ1n) is 6.09. The minimum Gasteiger partial charge on any atom is -0.464 e. The van der Waals surface area contributed by atoms with Crippen LogP contribution in [0.2, 0.25) is 0 Å². The molecule has 0 spiro atoms. The fourth-order valence-corrected chi connectivity index (χ4v) is 1.61. The zero-order valence-electron chi connectivity index (χ0n) is 11.3. The van der Waals surface area contributed by atoms with Crippen molar-refractivity contribution in [2.24, 2.45) is 5.11 Å². The van der Waals surface area contributed by atoms with Gasteiger partial charge in [-0.25, -0.2) is 9.18 Å². The molecule has 108 valence electrons. The van der Waals surface area contributed by atoms with Crippen LogP contribution < -0.4 is 5.32 Å². The van der Waals surface area contributed by atoms with E-state index in [1.165, 1.54) is 12.1 Å². The average molecular weight is 281 g/mol. The van der Waals surface area contributed by atoms with Crippen molar-refractivity contribution >= 4 is 5.97 Å². The first kappa shape index (κ1) is 15.9. The van der Waals surface area contributed by atoms with Gasteiger partial charge in [-0.15, -0.1) is 0 Å². The van der Waals surface area contributed by atoms with Crippen LogP contribution >= 0.6 is 0 Å². The summed E-state index contributed by atoms with van der Waals surface area (Å²) in [6.45, 7) is 3.93. The molecule has 0 radical (unpaired) electrons. The van der Waals surface area contributed by atoms with Crippen molar-refractivity contribution in [1.29, 1.82) is 0 Å². The van der Waals surface area contributed by atoms with Gasteiger partial charge in [0, 0.05) is 18.0 Å². The van der Waals surface area contributed by atoms with Crippen LogP contribution in [0.5, 0.6) is 0 Å². The molecule has 0 amide bonds. The van der Waals surface area contributed by atoms with Gasteiger partial charge in [-0.3, -0.25) is 10.3 Å². The number of esters is 1. The Morgan fingerprint density at radius 3 is 2.95 bits per heavy atom. The number of nitrogens with zero attached hydrogens (tertiary/aromatic N) is 4. The molecule has 0 fully saturated rings. The lowest BCUT2D eigenvalue weighted by Gasteiger charge is -2.27. The van der Waals surface area contributed by atoms with E-state index in [2.05, 4.69) is 20.3 Å². The second kappa shape index (κ2) is 7.42. The third kappa shape index (κ3) is 3.91. The van der Waals surface area contributed by atoms with Crippen molar-refractivity contribution < 1.29 is 13.9 Å². The number of nitrogens with one attached hydrogen (secondary N) is 1. The molecule has 1 aromatic heterocycles. The van der Waals surface area contributed by atoms with Crippen molar-refractivity contribution in [3.8, 4) is 0 Å². The summed E-state index contributed by atoms with van der Waals surface area (Å²) < 4.78 is 17.9. The molecule has 1 N–H and O–H groups in total. The van der Waals surface area contributed by atoms with Gasteiger partial charge in [-0.1, -0.05) is 5.11 Å². The van der Waals surface area contributed by atoms with Gasteiger partial charge >= 0.3 is 5.97 Å². The third-order valence-electron chi connectivity index (χ3n) is 2.68. The second-order valence-corrected chi connectivity index (χ2v) is 4.09. The molecule has 0 saturated heterocycles. The zero-order chi connectivity index (χ0) is 15.0. The molecule has 1 aromatic rings. The summed E-state index contributed by atoms with van der Waals surface area (Å²) in [6.07, 6.45) is 1.03. The Morgan fingerprint density at radius 2 is 2.40 bits per heavy atom. The van der Waals surface area contributed by atoms with Crippen LogP contribution in [0, 0.1) is 5.82 Å². The molecule has 0 aromatic carbocycles. The summed E-state index contributed by atoms with van der Waals surface area (Å²) in [5.74, 6) is -1.02. The van der Waals surface area contributed by atoms with E-state index in [0.717, 1.165) is 6.20 Å². The van der Waals surface area contributed by atoms with Crippen LogP contribution in [-0.2, 0) is 15.1 Å². The standard InChI is InChI=1S/C12H16FN5O2/c1-3-20-11(19)12(2,16-6-7-17-18-14)10-5-4-9(13)8-15-10/h4-5,8,16H,3,6-7H2,1-2H3. The normalized spacial score (nSPS) is 13.2. The van der Waals surface area contributed by atoms with E-state index in [0.29, 0.717) is 5.69 Å². The van der Waals surface area contributed by atoms with E-state index in [-0.39, 0.29) is 19.7 Å². The minimum absolute atomic E-state index is 0.173. The molecule has 1 atom stereocenters. The average Bonchev–Trinajstić information content (AvgIpc) is 2.44. The smallest absolute Gasteiger partial charge is 0.332 e. The molecule has 1 heterocycles. The van der Waals surface area contributed by atoms with E-state index in [1.807, 2.05) is 0 Å². The number of aromatic nitrogens is 1. The predicted molar refractivity (Wildman–Crippen MR) is 70.2 cm³/mol. The second-order valence-electron chi connectivity index (χ2n) is 4.09. The minimum atomic E-state index is -1.23. The van der Waals surface area contributed by atoms with Crippen molar-refractivity contribution in [3.63, 3.8) is 0 Å². The van der Waals surface area contributed by atoms with Crippen LogP contribution in [0.4, 0.5) is 4.39 Å². The van der Waals surface area contributed by atoms with Crippen LogP contribution in [0.1, 0.15) is 19.5 Å². The van der Waals surface area contributed by atoms with Crippen molar-refractivity contribution in [1.82, 2.24) is 10.3 Å². The topological polar surface area (TPSA) is 100.0 Å². The Hall–Kier alpha value is -2.18. The predicted octanol–water partition coefficient (Wildman–Crippen LogP) is 1.90. The highest BCUT2D eigenvalue weighted by Crippen LogP contribution is 2.20. The maximum Gasteiger partial charge on any atom is 0.332 e. The molecule has 1 unspecified atom stereocenters. The molecule has 20 heavy (non-hydrogen) atoms. The van der Waals surface area contributed by atoms with Crippen LogP contribution in [-0.4, -0.2) is 30.6 Å². The van der Waals surface area contributed by atoms with Gasteiger partial charge in [0.1, 0.15) is 5.82 Å². The quantitative estimate of drug-likeness (QED) is 0.271. The number of rotatable bonds is 7. The highest BCUT2D eigenvalue weighted by atomic mass is 19.1. The first-order chi connectivity index (χ1) is 9.54. The van der Waals surface area contributed by atoms with Crippen molar-refractivity contribution in [2.75, 3.05) is 19.7 Å². The Morgan fingerprint density at radius 1 is 1.65 bits per heavy atom. The van der Waals surface area contributed by atoms with Crippen LogP contribution in [0.3, 0.4) is 0 Å². The molecule has 0 saturated carbocycles. The van der Waals surface area contributed by atoms with Crippen LogP contribution in [0.25, 0.3) is 10.4 Å². The Kier molecular flexibility index (Phi) is 5.89. The monoisotopic (exact) mass is 281 g/mol. The molecule has 0 aliphatic rings. The maximum absolute atomic E-state index is 12.9. The van der Waals surface area contributed by atoms with E-state index in [9.17, 15) is 9.18 Å². The number of pyridine rings is 1. The van der Waals surface area contributed by atoms with Gasteiger partial charge in [-0.05, 0) is 31.5 Å². The molecular weight excluding hydrogens is 265 g/mol. The van der Waals surface area contributed by atoms with E-state index in [4.69, 9.17) is 10.3 Å². The largest absolute Gasteiger partial charge is 0.464 e. The van der Waals surface area contributed by atoms with Crippen molar-refractivity contribution in [3.05, 3.63) is 40.3 Å². The van der Waals surface area contributed by atoms with Crippen LogP contribution in [0.15, 0.2) is 23.4 Å². The van der Waals surface area contributed by atoms with Crippen molar-refractivity contribution in [2.45, 2.75) is 19.4 Å². The number of ether oxygens (including phenoxy) is 1.